The van der Waals surface area contributed by atoms with Crippen molar-refractivity contribution in [3.05, 3.63) is 58.1 Å². The predicted octanol–water partition coefficient (Wildman–Crippen LogP) is 5.41. The zero-order chi connectivity index (χ0) is 22.8. The van der Waals surface area contributed by atoms with Gasteiger partial charge in [-0.3, -0.25) is 4.79 Å². The second-order valence-electron chi connectivity index (χ2n) is 6.10. The predicted molar refractivity (Wildman–Crippen MR) is 106 cm³/mol. The monoisotopic (exact) mass is 470 g/mol. The third kappa shape index (κ3) is 5.36. The summed E-state index contributed by atoms with van der Waals surface area (Å²) in [6.45, 7) is 1.36. The summed E-state index contributed by atoms with van der Waals surface area (Å²) in [4.78, 5) is 20.2. The van der Waals surface area contributed by atoms with Crippen molar-refractivity contribution in [3.8, 4) is 17.3 Å². The molecule has 5 nitrogen and oxygen atoms in total. The highest BCUT2D eigenvalue weighted by Gasteiger charge is 2.35. The standard InChI is InChI=1S/C19H11F5N4OS2/c1-9-4-12(19(22,23)24)11(6-25)17(26-9)30-8-16(29)28-18-27-15(7-31-18)10-2-3-13(20)14(21)5-10/h2-5,7H,8H2,1H3,(H,27,28,29). The van der Waals surface area contributed by atoms with Crippen LogP contribution in [0.15, 0.2) is 34.7 Å². The average molecular weight is 470 g/mol. The van der Waals surface area contributed by atoms with Gasteiger partial charge in [-0.2, -0.15) is 18.4 Å². The van der Waals surface area contributed by atoms with Gasteiger partial charge in [-0.15, -0.1) is 11.3 Å². The van der Waals surface area contributed by atoms with Crippen LogP contribution in [0.2, 0.25) is 0 Å². The third-order valence-corrected chi connectivity index (χ3v) is 5.57. The number of thiazole rings is 1. The maximum Gasteiger partial charge on any atom is 0.417 e. The van der Waals surface area contributed by atoms with Gasteiger partial charge in [0.1, 0.15) is 11.1 Å². The summed E-state index contributed by atoms with van der Waals surface area (Å²) in [6.07, 6.45) is -4.73. The normalized spacial score (nSPS) is 11.3. The van der Waals surface area contributed by atoms with E-state index in [0.29, 0.717) is 23.0 Å². The molecule has 0 bridgehead atoms. The molecule has 0 saturated carbocycles. The number of benzene rings is 1. The smallest absolute Gasteiger partial charge is 0.301 e. The van der Waals surface area contributed by atoms with Crippen LogP contribution < -0.4 is 5.32 Å². The molecule has 31 heavy (non-hydrogen) atoms. The minimum absolute atomic E-state index is 0.0605. The summed E-state index contributed by atoms with van der Waals surface area (Å²) in [5.41, 5.74) is -1.07. The zero-order valence-electron chi connectivity index (χ0n) is 15.6. The average Bonchev–Trinajstić information content (AvgIpc) is 3.15. The minimum atomic E-state index is -4.73. The number of anilines is 1. The maximum atomic E-state index is 13.4. The van der Waals surface area contributed by atoms with Gasteiger partial charge in [-0.1, -0.05) is 11.8 Å². The van der Waals surface area contributed by atoms with Crippen molar-refractivity contribution in [2.75, 3.05) is 11.1 Å². The molecule has 3 rings (SSSR count). The Bertz CT molecular complexity index is 1190. The molecular weight excluding hydrogens is 459 g/mol. The number of halogens is 5. The summed E-state index contributed by atoms with van der Waals surface area (Å²) in [5.74, 6) is -2.94. The van der Waals surface area contributed by atoms with Crippen molar-refractivity contribution in [3.63, 3.8) is 0 Å². The second kappa shape index (κ2) is 8.99. The van der Waals surface area contributed by atoms with Crippen molar-refractivity contribution in [2.45, 2.75) is 18.1 Å². The number of hydrogen-bond donors (Lipinski definition) is 1. The first-order valence-corrected chi connectivity index (χ1v) is 10.3. The van der Waals surface area contributed by atoms with E-state index >= 15 is 0 Å². The number of nitrogens with zero attached hydrogens (tertiary/aromatic N) is 3. The molecule has 0 unspecified atom stereocenters. The first-order chi connectivity index (χ1) is 14.6. The van der Waals surface area contributed by atoms with E-state index in [1.54, 1.807) is 0 Å². The number of pyridine rings is 1. The van der Waals surface area contributed by atoms with Gasteiger partial charge in [0.15, 0.2) is 16.8 Å². The van der Waals surface area contributed by atoms with Crippen LogP contribution in [0, 0.1) is 29.9 Å². The number of carbonyl (C=O) groups is 1. The van der Waals surface area contributed by atoms with Crippen LogP contribution in [-0.2, 0) is 11.0 Å². The van der Waals surface area contributed by atoms with Gasteiger partial charge in [0.2, 0.25) is 5.91 Å². The molecule has 0 radical (unpaired) electrons. The summed E-state index contributed by atoms with van der Waals surface area (Å²) in [7, 11) is 0. The molecule has 0 fully saturated rings. The number of aryl methyl sites for hydroxylation is 1. The molecule has 3 aromatic rings. The number of amides is 1. The quantitative estimate of drug-likeness (QED) is 0.398. The van der Waals surface area contributed by atoms with Gasteiger partial charge in [-0.05, 0) is 31.2 Å². The van der Waals surface area contributed by atoms with Crippen LogP contribution >= 0.6 is 23.1 Å². The second-order valence-corrected chi connectivity index (χ2v) is 7.93. The van der Waals surface area contributed by atoms with Crippen LogP contribution in [0.5, 0.6) is 0 Å². The fourth-order valence-corrected chi connectivity index (χ4v) is 4.07. The lowest BCUT2D eigenvalue weighted by molar-refractivity contribution is -0.138. The van der Waals surface area contributed by atoms with Crippen molar-refractivity contribution >= 4 is 34.1 Å². The lowest BCUT2D eigenvalue weighted by atomic mass is 10.1. The molecular formula is C19H11F5N4OS2. The summed E-state index contributed by atoms with van der Waals surface area (Å²) in [6, 6.07) is 5.53. The molecule has 12 heteroatoms. The van der Waals surface area contributed by atoms with E-state index in [4.69, 9.17) is 5.26 Å². The van der Waals surface area contributed by atoms with Crippen molar-refractivity contribution < 1.29 is 26.7 Å². The molecule has 0 saturated heterocycles. The van der Waals surface area contributed by atoms with Gasteiger partial charge in [0.05, 0.1) is 22.6 Å². The number of hydrogen-bond acceptors (Lipinski definition) is 6. The number of carbonyl (C=O) groups excluding carboxylic acids is 1. The molecule has 1 N–H and O–H groups in total. The van der Waals surface area contributed by atoms with Crippen LogP contribution in [0.25, 0.3) is 11.3 Å². The molecule has 1 amide bonds. The molecule has 160 valence electrons. The molecule has 0 spiro atoms. The number of nitriles is 1. The van der Waals surface area contributed by atoms with Gasteiger partial charge in [-0.25, -0.2) is 18.7 Å². The number of nitrogens with one attached hydrogen (secondary N) is 1. The first-order valence-electron chi connectivity index (χ1n) is 8.41. The maximum absolute atomic E-state index is 13.4. The van der Waals surface area contributed by atoms with Crippen molar-refractivity contribution in [1.82, 2.24) is 9.97 Å². The van der Waals surface area contributed by atoms with Crippen molar-refractivity contribution in [2.24, 2.45) is 0 Å². The number of thioether (sulfide) groups is 1. The first kappa shape index (κ1) is 22.6. The summed E-state index contributed by atoms with van der Waals surface area (Å²) >= 11 is 1.73. The lowest BCUT2D eigenvalue weighted by Crippen LogP contribution is -2.15. The van der Waals surface area contributed by atoms with E-state index in [-0.39, 0.29) is 21.6 Å². The van der Waals surface area contributed by atoms with E-state index in [1.807, 2.05) is 0 Å². The highest BCUT2D eigenvalue weighted by molar-refractivity contribution is 8.00. The van der Waals surface area contributed by atoms with Gasteiger partial charge in [0, 0.05) is 16.6 Å². The molecule has 1 aromatic carbocycles. The highest BCUT2D eigenvalue weighted by atomic mass is 32.2. The SMILES string of the molecule is Cc1cc(C(F)(F)F)c(C#N)c(SCC(=O)Nc2nc(-c3ccc(F)c(F)c3)cs2)n1. The molecule has 0 aliphatic carbocycles. The summed E-state index contributed by atoms with van der Waals surface area (Å²) < 4.78 is 65.9. The Hall–Kier alpha value is -3.04. The topological polar surface area (TPSA) is 78.7 Å². The van der Waals surface area contributed by atoms with E-state index in [2.05, 4.69) is 15.3 Å². The Kier molecular flexibility index (Phi) is 6.56. The Balaban J connectivity index is 1.70. The van der Waals surface area contributed by atoms with Crippen LogP contribution in [-0.4, -0.2) is 21.6 Å². The highest BCUT2D eigenvalue weighted by Crippen LogP contribution is 2.36. The van der Waals surface area contributed by atoms with Crippen LogP contribution in [0.3, 0.4) is 0 Å². The molecule has 0 aliphatic heterocycles. The van der Waals surface area contributed by atoms with Gasteiger partial charge >= 0.3 is 6.18 Å². The Morgan fingerprint density at radius 3 is 2.61 bits per heavy atom. The van der Waals surface area contributed by atoms with Crippen LogP contribution in [0.1, 0.15) is 16.8 Å². The number of aromatic nitrogens is 2. The van der Waals surface area contributed by atoms with E-state index in [1.165, 1.54) is 24.4 Å². The molecule has 0 aliphatic rings. The van der Waals surface area contributed by atoms with E-state index in [0.717, 1.165) is 29.5 Å². The number of alkyl halides is 3. The Morgan fingerprint density at radius 2 is 1.97 bits per heavy atom. The minimum Gasteiger partial charge on any atom is -0.301 e. The largest absolute Gasteiger partial charge is 0.417 e. The third-order valence-electron chi connectivity index (χ3n) is 3.84. The van der Waals surface area contributed by atoms with Crippen molar-refractivity contribution in [1.29, 1.82) is 5.26 Å². The number of rotatable bonds is 5. The Morgan fingerprint density at radius 1 is 1.23 bits per heavy atom. The van der Waals surface area contributed by atoms with Gasteiger partial charge in [0.25, 0.3) is 0 Å². The van der Waals surface area contributed by atoms with E-state index < -0.39 is 34.8 Å². The Labute approximate surface area is 181 Å². The molecule has 2 aromatic heterocycles. The van der Waals surface area contributed by atoms with E-state index in [9.17, 15) is 26.7 Å². The zero-order valence-corrected chi connectivity index (χ0v) is 17.2. The molecule has 2 heterocycles. The fourth-order valence-electron chi connectivity index (χ4n) is 2.49. The fraction of sp³-hybridized carbons (Fsp3) is 0.158. The summed E-state index contributed by atoms with van der Waals surface area (Å²) in [5, 5.41) is 13.1. The molecule has 0 atom stereocenters. The lowest BCUT2D eigenvalue weighted by Gasteiger charge is -2.12. The van der Waals surface area contributed by atoms with Gasteiger partial charge < -0.3 is 5.32 Å². The van der Waals surface area contributed by atoms with Crippen LogP contribution in [0.4, 0.5) is 27.1 Å².